The first-order chi connectivity index (χ1) is 8.57. The van der Waals surface area contributed by atoms with Gasteiger partial charge in [-0.3, -0.25) is 0 Å². The lowest BCUT2D eigenvalue weighted by Crippen LogP contribution is -3.00. The van der Waals surface area contributed by atoms with Crippen molar-refractivity contribution in [1.82, 2.24) is 0 Å². The van der Waals surface area contributed by atoms with Gasteiger partial charge in [-0.15, -0.1) is 0 Å². The van der Waals surface area contributed by atoms with Crippen LogP contribution in [0.5, 0.6) is 0 Å². The van der Waals surface area contributed by atoms with Crippen molar-refractivity contribution < 1.29 is 28.5 Å². The van der Waals surface area contributed by atoms with Crippen molar-refractivity contribution >= 4 is 6.08 Å². The van der Waals surface area contributed by atoms with Crippen LogP contribution in [0.15, 0.2) is 42.3 Å². The molecule has 0 radical (unpaired) electrons. The van der Waals surface area contributed by atoms with Crippen LogP contribution in [0, 0.1) is 17.3 Å². The predicted octanol–water partition coefficient (Wildman–Crippen LogP) is 0.521. The Morgan fingerprint density at radius 2 is 1.89 bits per heavy atom. The molecule has 0 saturated heterocycles. The van der Waals surface area contributed by atoms with Crippen LogP contribution in [0.4, 0.5) is 0 Å². The van der Waals surface area contributed by atoms with E-state index >= 15 is 0 Å². The Kier molecular flexibility index (Phi) is 4.19. The van der Waals surface area contributed by atoms with Gasteiger partial charge in [-0.1, -0.05) is 32.1 Å². The molecule has 0 amide bonds. The lowest BCUT2D eigenvalue weighted by atomic mass is 9.49. The maximum absolute atomic E-state index is 2.45. The molecule has 19 heavy (non-hydrogen) atoms. The van der Waals surface area contributed by atoms with Gasteiger partial charge >= 0.3 is 0 Å². The average Bonchev–Trinajstić information content (AvgIpc) is 2.38. The first-order valence-electron chi connectivity index (χ1n) is 6.91. The summed E-state index contributed by atoms with van der Waals surface area (Å²) in [4.78, 5) is 0. The van der Waals surface area contributed by atoms with Crippen molar-refractivity contribution in [2.75, 3.05) is 0 Å². The van der Waals surface area contributed by atoms with Gasteiger partial charge in [-0.2, -0.15) is 0 Å². The van der Waals surface area contributed by atoms with E-state index in [1.165, 1.54) is 18.4 Å². The second-order valence-electron chi connectivity index (χ2n) is 6.38. The van der Waals surface area contributed by atoms with Crippen molar-refractivity contribution in [2.45, 2.75) is 26.7 Å². The van der Waals surface area contributed by atoms with E-state index in [4.69, 9.17) is 0 Å². The first-order valence-corrected chi connectivity index (χ1v) is 6.91. The van der Waals surface area contributed by atoms with Crippen LogP contribution >= 0.6 is 0 Å². The summed E-state index contributed by atoms with van der Waals surface area (Å²) >= 11 is 0. The van der Waals surface area contributed by atoms with Crippen LogP contribution in [-0.2, 0) is 7.05 Å². The van der Waals surface area contributed by atoms with E-state index in [9.17, 15) is 0 Å². The number of allylic oxidation sites excluding steroid dienone is 3. The largest absolute Gasteiger partial charge is 1.00 e. The highest BCUT2D eigenvalue weighted by Crippen LogP contribution is 2.59. The number of nitrogens with zero attached hydrogens (tertiary/aromatic N) is 1. The Bertz CT molecular complexity index is 511. The molecule has 0 aliphatic heterocycles. The lowest BCUT2D eigenvalue weighted by molar-refractivity contribution is -0.671. The summed E-state index contributed by atoms with van der Waals surface area (Å²) in [5.74, 6) is 1.71. The molecule has 0 unspecified atom stereocenters. The predicted molar refractivity (Wildman–Crippen MR) is 74.7 cm³/mol. The highest BCUT2D eigenvalue weighted by atomic mass is 127. The van der Waals surface area contributed by atoms with Gasteiger partial charge in [0.05, 0.1) is 0 Å². The molecule has 4 rings (SSSR count). The van der Waals surface area contributed by atoms with E-state index in [0.717, 1.165) is 11.8 Å². The van der Waals surface area contributed by atoms with Gasteiger partial charge in [0, 0.05) is 12.1 Å². The number of pyridine rings is 1. The number of fused-ring (bicyclic) bond motifs is 1. The van der Waals surface area contributed by atoms with Gasteiger partial charge < -0.3 is 24.0 Å². The van der Waals surface area contributed by atoms with E-state index in [-0.39, 0.29) is 24.0 Å². The summed E-state index contributed by atoms with van der Waals surface area (Å²) in [6.07, 6.45) is 13.9. The normalized spacial score (nSPS) is 27.4. The Morgan fingerprint density at radius 1 is 1.21 bits per heavy atom. The third-order valence-corrected chi connectivity index (χ3v) is 4.98. The SMILES string of the molecule is C[n+]1ccc(/C=C/C2=CC[C@H]3C[C@@H]2C3(C)C)cc1.[I-]. The van der Waals surface area contributed by atoms with E-state index in [2.05, 4.69) is 61.2 Å². The number of aryl methyl sites for hydroxylation is 1. The molecular weight excluding hydrogens is 345 g/mol. The highest BCUT2D eigenvalue weighted by molar-refractivity contribution is 5.53. The minimum atomic E-state index is 0. The average molecular weight is 367 g/mol. The Morgan fingerprint density at radius 3 is 2.47 bits per heavy atom. The van der Waals surface area contributed by atoms with Crippen LogP contribution in [0.3, 0.4) is 0 Å². The van der Waals surface area contributed by atoms with Gasteiger partial charge in [-0.25, -0.2) is 4.57 Å². The molecule has 2 heteroatoms. The maximum Gasteiger partial charge on any atom is 0.169 e. The number of hydrogen-bond donors (Lipinski definition) is 0. The molecule has 0 spiro atoms. The fourth-order valence-corrected chi connectivity index (χ4v) is 3.40. The van der Waals surface area contributed by atoms with E-state index < -0.39 is 0 Å². The quantitative estimate of drug-likeness (QED) is 0.530. The number of aromatic nitrogens is 1. The molecule has 1 fully saturated rings. The smallest absolute Gasteiger partial charge is 0.169 e. The molecule has 0 aromatic carbocycles. The zero-order chi connectivity index (χ0) is 12.8. The summed E-state index contributed by atoms with van der Waals surface area (Å²) in [6, 6.07) is 4.32. The van der Waals surface area contributed by atoms with E-state index in [0.29, 0.717) is 5.41 Å². The molecule has 3 aliphatic carbocycles. The second-order valence-corrected chi connectivity index (χ2v) is 6.38. The van der Waals surface area contributed by atoms with Gasteiger partial charge in [0.2, 0.25) is 0 Å². The summed E-state index contributed by atoms with van der Waals surface area (Å²) in [5.41, 5.74) is 3.36. The maximum atomic E-state index is 2.45. The van der Waals surface area contributed by atoms with Crippen LogP contribution in [0.2, 0.25) is 0 Å². The molecular formula is C17H22IN. The van der Waals surface area contributed by atoms with Crippen molar-refractivity contribution in [3.05, 3.63) is 47.8 Å². The lowest BCUT2D eigenvalue weighted by Gasteiger charge is -2.56. The topological polar surface area (TPSA) is 3.88 Å². The summed E-state index contributed by atoms with van der Waals surface area (Å²) in [7, 11) is 2.05. The summed E-state index contributed by atoms with van der Waals surface area (Å²) in [6.45, 7) is 4.85. The zero-order valence-corrected chi connectivity index (χ0v) is 14.1. The van der Waals surface area contributed by atoms with Crippen molar-refractivity contribution in [1.29, 1.82) is 0 Å². The number of rotatable bonds is 2. The Hall–Kier alpha value is -0.640. The molecule has 102 valence electrons. The molecule has 3 aliphatic rings. The molecule has 2 atom stereocenters. The van der Waals surface area contributed by atoms with Crippen LogP contribution in [0.25, 0.3) is 6.08 Å². The first kappa shape index (κ1) is 14.8. The minimum Gasteiger partial charge on any atom is -1.00 e. The summed E-state index contributed by atoms with van der Waals surface area (Å²) in [5, 5.41) is 0. The molecule has 1 aromatic rings. The Labute approximate surface area is 133 Å². The van der Waals surface area contributed by atoms with Gasteiger partial charge in [0.1, 0.15) is 7.05 Å². The molecule has 1 saturated carbocycles. The standard InChI is InChI=1S/C17H22N.HI/c1-17(2)15-7-6-14(16(17)12-15)5-4-13-8-10-18(3)11-9-13;/h4-6,8-11,15-16H,7,12H2,1-3H3;1H/q+1;/p-1/b5-4+;/t15-,16-;/m0./s1. The molecule has 0 N–H and O–H groups in total. The van der Waals surface area contributed by atoms with Gasteiger partial charge in [-0.05, 0) is 41.2 Å². The van der Waals surface area contributed by atoms with Gasteiger partial charge in [0.15, 0.2) is 12.4 Å². The third-order valence-electron chi connectivity index (χ3n) is 4.98. The summed E-state index contributed by atoms with van der Waals surface area (Å²) < 4.78 is 2.07. The van der Waals surface area contributed by atoms with Crippen LogP contribution in [0.1, 0.15) is 32.3 Å². The number of hydrogen-bond acceptors (Lipinski definition) is 0. The van der Waals surface area contributed by atoms with E-state index in [1.54, 1.807) is 5.57 Å². The fraction of sp³-hybridized carbons (Fsp3) is 0.471. The molecule has 1 aromatic heterocycles. The molecule has 2 bridgehead atoms. The highest BCUT2D eigenvalue weighted by Gasteiger charge is 2.50. The second kappa shape index (κ2) is 5.39. The van der Waals surface area contributed by atoms with Crippen molar-refractivity contribution in [3.8, 4) is 0 Å². The van der Waals surface area contributed by atoms with Crippen molar-refractivity contribution in [2.24, 2.45) is 24.3 Å². The van der Waals surface area contributed by atoms with Crippen molar-refractivity contribution in [3.63, 3.8) is 0 Å². The Balaban J connectivity index is 0.00000133. The van der Waals surface area contributed by atoms with Gasteiger partial charge in [0.25, 0.3) is 0 Å². The van der Waals surface area contributed by atoms with E-state index in [1.807, 2.05) is 7.05 Å². The zero-order valence-electron chi connectivity index (χ0n) is 11.9. The fourth-order valence-electron chi connectivity index (χ4n) is 3.40. The monoisotopic (exact) mass is 367 g/mol. The van der Waals surface area contributed by atoms with Crippen LogP contribution in [-0.4, -0.2) is 0 Å². The minimum absolute atomic E-state index is 0. The molecule has 1 heterocycles. The third kappa shape index (κ3) is 2.64. The number of halogens is 1. The molecule has 1 nitrogen and oxygen atoms in total. The van der Waals surface area contributed by atoms with Crippen LogP contribution < -0.4 is 28.5 Å².